The lowest BCUT2D eigenvalue weighted by atomic mass is 10.2. The molecule has 0 aliphatic carbocycles. The molecule has 0 bridgehead atoms. The monoisotopic (exact) mass is 295 g/mol. The fourth-order valence-electron chi connectivity index (χ4n) is 2.84. The Balaban J connectivity index is 1.51. The van der Waals surface area contributed by atoms with Crippen molar-refractivity contribution in [1.82, 2.24) is 15.2 Å². The van der Waals surface area contributed by atoms with Crippen molar-refractivity contribution in [3.8, 4) is 0 Å². The number of carbonyl (C=O) groups excluding carboxylic acids is 1. The molecule has 2 saturated heterocycles. The summed E-state index contributed by atoms with van der Waals surface area (Å²) in [6, 6.07) is 3.79. The number of aromatic nitrogens is 1. The molecule has 0 aromatic carbocycles. The van der Waals surface area contributed by atoms with Crippen LogP contribution in [0.15, 0.2) is 18.3 Å². The van der Waals surface area contributed by atoms with Crippen LogP contribution in [0, 0.1) is 0 Å². The van der Waals surface area contributed by atoms with Gasteiger partial charge >= 0.3 is 0 Å². The molecule has 1 aromatic rings. The maximum atomic E-state index is 12.0. The number of pyridine rings is 1. The Bertz CT molecular complexity index is 497. The molecule has 1 N–H and O–H groups in total. The molecule has 108 valence electrons. The van der Waals surface area contributed by atoms with Gasteiger partial charge in [0.05, 0.1) is 12.7 Å². The summed E-state index contributed by atoms with van der Waals surface area (Å²) in [5.41, 5.74) is 0.340. The lowest BCUT2D eigenvalue weighted by molar-refractivity contribution is -0.0462. The van der Waals surface area contributed by atoms with E-state index in [0.29, 0.717) is 23.3 Å². The first-order valence-electron chi connectivity index (χ1n) is 6.98. The normalized spacial score (nSPS) is 26.2. The Morgan fingerprint density at radius 3 is 3.35 bits per heavy atom. The van der Waals surface area contributed by atoms with Gasteiger partial charge in [-0.1, -0.05) is 11.6 Å². The predicted molar refractivity (Wildman–Crippen MR) is 75.9 cm³/mol. The van der Waals surface area contributed by atoms with Crippen LogP contribution in [0.25, 0.3) is 0 Å². The standard InChI is InChI=1S/C14H18ClN3O2/c15-10-3-4-16-13(6-10)14(19)17-7-12-8-18-5-1-2-11(18)9-20-12/h3-4,6,11-12H,1-2,5,7-9H2,(H,17,19). The number of ether oxygens (including phenoxy) is 1. The van der Waals surface area contributed by atoms with Gasteiger partial charge in [-0.05, 0) is 31.5 Å². The Labute approximate surface area is 123 Å². The Morgan fingerprint density at radius 1 is 1.60 bits per heavy atom. The van der Waals surface area contributed by atoms with Crippen LogP contribution in [-0.2, 0) is 4.74 Å². The van der Waals surface area contributed by atoms with Crippen molar-refractivity contribution in [1.29, 1.82) is 0 Å². The van der Waals surface area contributed by atoms with Gasteiger partial charge in [0.25, 0.3) is 5.91 Å². The number of nitrogens with zero attached hydrogens (tertiary/aromatic N) is 2. The van der Waals surface area contributed by atoms with Crippen molar-refractivity contribution in [3.05, 3.63) is 29.0 Å². The van der Waals surface area contributed by atoms with Crippen LogP contribution in [0.4, 0.5) is 0 Å². The SMILES string of the molecule is O=C(NCC1CN2CCCC2CO1)c1cc(Cl)ccn1. The zero-order valence-electron chi connectivity index (χ0n) is 11.2. The molecule has 5 nitrogen and oxygen atoms in total. The second kappa shape index (κ2) is 6.08. The van der Waals surface area contributed by atoms with Crippen molar-refractivity contribution in [2.24, 2.45) is 0 Å². The van der Waals surface area contributed by atoms with E-state index >= 15 is 0 Å². The Kier molecular flexibility index (Phi) is 4.19. The number of amides is 1. The molecule has 3 heterocycles. The molecular weight excluding hydrogens is 278 g/mol. The average molecular weight is 296 g/mol. The van der Waals surface area contributed by atoms with Crippen molar-refractivity contribution in [3.63, 3.8) is 0 Å². The number of halogens is 1. The summed E-state index contributed by atoms with van der Waals surface area (Å²) in [5, 5.41) is 3.38. The van der Waals surface area contributed by atoms with E-state index in [-0.39, 0.29) is 12.0 Å². The molecule has 1 aromatic heterocycles. The third-order valence-electron chi connectivity index (χ3n) is 3.91. The molecule has 2 aliphatic heterocycles. The van der Waals surface area contributed by atoms with Crippen LogP contribution in [0.5, 0.6) is 0 Å². The highest BCUT2D eigenvalue weighted by Gasteiger charge is 2.32. The molecule has 2 atom stereocenters. The van der Waals surface area contributed by atoms with Crippen LogP contribution in [-0.4, -0.2) is 54.2 Å². The van der Waals surface area contributed by atoms with E-state index in [1.165, 1.54) is 19.0 Å². The van der Waals surface area contributed by atoms with Gasteiger partial charge < -0.3 is 10.1 Å². The smallest absolute Gasteiger partial charge is 0.270 e. The minimum Gasteiger partial charge on any atom is -0.373 e. The molecule has 3 rings (SSSR count). The first-order valence-corrected chi connectivity index (χ1v) is 7.35. The van der Waals surface area contributed by atoms with Gasteiger partial charge in [0.2, 0.25) is 0 Å². The lowest BCUT2D eigenvalue weighted by Gasteiger charge is -2.35. The fourth-order valence-corrected chi connectivity index (χ4v) is 2.99. The molecule has 20 heavy (non-hydrogen) atoms. The van der Waals surface area contributed by atoms with Crippen LogP contribution in [0.3, 0.4) is 0 Å². The van der Waals surface area contributed by atoms with Crippen molar-refractivity contribution >= 4 is 17.5 Å². The summed E-state index contributed by atoms with van der Waals surface area (Å²) in [4.78, 5) is 18.4. The zero-order valence-corrected chi connectivity index (χ0v) is 12.0. The van der Waals surface area contributed by atoms with E-state index in [1.54, 1.807) is 12.1 Å². The summed E-state index contributed by atoms with van der Waals surface area (Å²) < 4.78 is 5.80. The van der Waals surface area contributed by atoms with E-state index in [2.05, 4.69) is 15.2 Å². The quantitative estimate of drug-likeness (QED) is 0.914. The molecule has 0 saturated carbocycles. The number of rotatable bonds is 3. The van der Waals surface area contributed by atoms with E-state index in [9.17, 15) is 4.79 Å². The Hall–Kier alpha value is -1.17. The lowest BCUT2D eigenvalue weighted by Crippen LogP contribution is -2.50. The number of morpholine rings is 1. The predicted octanol–water partition coefficient (Wildman–Crippen LogP) is 1.33. The van der Waals surface area contributed by atoms with Gasteiger partial charge in [0.1, 0.15) is 5.69 Å². The first-order chi connectivity index (χ1) is 9.72. The topological polar surface area (TPSA) is 54.5 Å². The van der Waals surface area contributed by atoms with E-state index < -0.39 is 0 Å². The van der Waals surface area contributed by atoms with Gasteiger partial charge in [0.15, 0.2) is 0 Å². The maximum absolute atomic E-state index is 12.0. The summed E-state index contributed by atoms with van der Waals surface area (Å²) in [7, 11) is 0. The second-order valence-electron chi connectivity index (χ2n) is 5.32. The molecule has 2 aliphatic rings. The van der Waals surface area contributed by atoms with Crippen LogP contribution < -0.4 is 5.32 Å². The second-order valence-corrected chi connectivity index (χ2v) is 5.75. The van der Waals surface area contributed by atoms with Gasteiger partial charge in [-0.2, -0.15) is 0 Å². The number of carbonyl (C=O) groups is 1. The molecule has 0 radical (unpaired) electrons. The van der Waals surface area contributed by atoms with Crippen molar-refractivity contribution in [2.45, 2.75) is 25.0 Å². The van der Waals surface area contributed by atoms with E-state index in [0.717, 1.165) is 19.7 Å². The number of fused-ring (bicyclic) bond motifs is 1. The van der Waals surface area contributed by atoms with Gasteiger partial charge in [-0.15, -0.1) is 0 Å². The van der Waals surface area contributed by atoms with Crippen LogP contribution in [0.2, 0.25) is 5.02 Å². The molecular formula is C14H18ClN3O2. The number of nitrogens with one attached hydrogen (secondary N) is 1. The molecule has 1 amide bonds. The summed E-state index contributed by atoms with van der Waals surface area (Å²) in [6.07, 6.45) is 4.07. The first kappa shape index (κ1) is 13.8. The fraction of sp³-hybridized carbons (Fsp3) is 0.571. The summed E-state index contributed by atoms with van der Waals surface area (Å²) in [6.45, 7) is 3.33. The number of hydrogen-bond acceptors (Lipinski definition) is 4. The van der Waals surface area contributed by atoms with Gasteiger partial charge in [-0.25, -0.2) is 0 Å². The van der Waals surface area contributed by atoms with Gasteiger partial charge in [-0.3, -0.25) is 14.7 Å². The molecule has 2 unspecified atom stereocenters. The summed E-state index contributed by atoms with van der Waals surface area (Å²) >= 11 is 5.85. The third-order valence-corrected chi connectivity index (χ3v) is 4.14. The highest BCUT2D eigenvalue weighted by Crippen LogP contribution is 2.22. The van der Waals surface area contributed by atoms with E-state index in [4.69, 9.17) is 16.3 Å². The molecule has 0 spiro atoms. The average Bonchev–Trinajstić information content (AvgIpc) is 2.92. The maximum Gasteiger partial charge on any atom is 0.270 e. The van der Waals surface area contributed by atoms with Crippen molar-refractivity contribution in [2.75, 3.05) is 26.2 Å². The van der Waals surface area contributed by atoms with Crippen LogP contribution in [0.1, 0.15) is 23.3 Å². The third kappa shape index (κ3) is 3.11. The van der Waals surface area contributed by atoms with Crippen molar-refractivity contribution < 1.29 is 9.53 Å². The largest absolute Gasteiger partial charge is 0.373 e. The van der Waals surface area contributed by atoms with Crippen LogP contribution >= 0.6 is 11.6 Å². The zero-order chi connectivity index (χ0) is 13.9. The van der Waals surface area contributed by atoms with Gasteiger partial charge in [0, 0.05) is 30.4 Å². The molecule has 6 heteroatoms. The Morgan fingerprint density at radius 2 is 2.50 bits per heavy atom. The van der Waals surface area contributed by atoms with E-state index in [1.807, 2.05) is 0 Å². The number of hydrogen-bond donors (Lipinski definition) is 1. The highest BCUT2D eigenvalue weighted by molar-refractivity contribution is 6.30. The minimum absolute atomic E-state index is 0.0625. The molecule has 2 fully saturated rings. The minimum atomic E-state index is -0.209. The highest BCUT2D eigenvalue weighted by atomic mass is 35.5. The summed E-state index contributed by atoms with van der Waals surface area (Å²) in [5.74, 6) is -0.209.